The number of likely N-dealkylation sites (tertiary alicyclic amines) is 1. The predicted octanol–water partition coefficient (Wildman–Crippen LogP) is 2.63. The van der Waals surface area contributed by atoms with E-state index in [4.69, 9.17) is 5.73 Å². The fraction of sp³-hybridized carbons (Fsp3) is 1.00. The molecule has 1 aliphatic carbocycles. The maximum absolute atomic E-state index is 6.04. The molecule has 94 valence electrons. The number of hydrogen-bond donors (Lipinski definition) is 1. The predicted molar refractivity (Wildman–Crippen MR) is 69.4 cm³/mol. The van der Waals surface area contributed by atoms with E-state index in [2.05, 4.69) is 18.7 Å². The number of nitrogens with zero attached hydrogens (tertiary/aromatic N) is 1. The van der Waals surface area contributed by atoms with Crippen molar-refractivity contribution >= 4 is 0 Å². The van der Waals surface area contributed by atoms with Crippen molar-refractivity contribution in [1.82, 2.24) is 4.90 Å². The smallest absolute Gasteiger partial charge is 0.0306 e. The Balaban J connectivity index is 1.88. The van der Waals surface area contributed by atoms with E-state index in [1.807, 2.05) is 0 Å². The van der Waals surface area contributed by atoms with Gasteiger partial charge in [0.2, 0.25) is 0 Å². The summed E-state index contributed by atoms with van der Waals surface area (Å²) in [6.45, 7) is 8.11. The third-order valence-corrected chi connectivity index (χ3v) is 4.61. The van der Waals surface area contributed by atoms with E-state index in [0.717, 1.165) is 18.4 Å². The molecule has 0 aromatic rings. The summed E-state index contributed by atoms with van der Waals surface area (Å²) < 4.78 is 0. The summed E-state index contributed by atoms with van der Waals surface area (Å²) in [7, 11) is 0. The van der Waals surface area contributed by atoms with Crippen LogP contribution >= 0.6 is 0 Å². The van der Waals surface area contributed by atoms with Gasteiger partial charge >= 0.3 is 0 Å². The second-order valence-electron chi connectivity index (χ2n) is 6.24. The molecule has 1 aliphatic heterocycles. The number of nitrogens with two attached hydrogens (primary N) is 1. The normalized spacial score (nSPS) is 30.6. The maximum atomic E-state index is 6.04. The molecule has 2 atom stereocenters. The lowest BCUT2D eigenvalue weighted by atomic mass is 9.92. The first kappa shape index (κ1) is 12.4. The van der Waals surface area contributed by atoms with Crippen LogP contribution in [0.25, 0.3) is 0 Å². The first-order valence-electron chi connectivity index (χ1n) is 7.13. The molecule has 1 saturated heterocycles. The molecule has 0 aromatic heterocycles. The van der Waals surface area contributed by atoms with Crippen molar-refractivity contribution < 1.29 is 0 Å². The lowest BCUT2D eigenvalue weighted by Gasteiger charge is -2.38. The van der Waals surface area contributed by atoms with E-state index >= 15 is 0 Å². The van der Waals surface area contributed by atoms with Gasteiger partial charge in [-0.2, -0.15) is 0 Å². The van der Waals surface area contributed by atoms with Crippen molar-refractivity contribution in [2.24, 2.45) is 17.6 Å². The van der Waals surface area contributed by atoms with Gasteiger partial charge < -0.3 is 5.73 Å². The lowest BCUT2D eigenvalue weighted by molar-refractivity contribution is 0.120. The van der Waals surface area contributed by atoms with Gasteiger partial charge in [0.15, 0.2) is 0 Å². The molecule has 2 aliphatic rings. The molecule has 2 fully saturated rings. The fourth-order valence-electron chi connectivity index (χ4n) is 3.25. The highest BCUT2D eigenvalue weighted by atomic mass is 15.2. The third kappa shape index (κ3) is 2.78. The number of hydrogen-bond acceptors (Lipinski definition) is 2. The molecule has 2 nitrogen and oxygen atoms in total. The maximum Gasteiger partial charge on any atom is 0.0306 e. The molecule has 0 spiro atoms. The van der Waals surface area contributed by atoms with Crippen LogP contribution in [0.15, 0.2) is 0 Å². The zero-order chi connectivity index (χ0) is 11.6. The van der Waals surface area contributed by atoms with Gasteiger partial charge in [-0.1, -0.05) is 26.2 Å². The van der Waals surface area contributed by atoms with Crippen molar-refractivity contribution in [1.29, 1.82) is 0 Å². The van der Waals surface area contributed by atoms with Crippen molar-refractivity contribution in [3.05, 3.63) is 0 Å². The highest BCUT2D eigenvalue weighted by Crippen LogP contribution is 2.40. The van der Waals surface area contributed by atoms with Gasteiger partial charge in [0.25, 0.3) is 0 Å². The summed E-state index contributed by atoms with van der Waals surface area (Å²) in [5.74, 6) is 1.92. The van der Waals surface area contributed by atoms with Gasteiger partial charge in [-0.05, 0) is 44.6 Å². The molecule has 0 radical (unpaired) electrons. The zero-order valence-corrected chi connectivity index (χ0v) is 11.0. The Morgan fingerprint density at radius 3 is 2.56 bits per heavy atom. The van der Waals surface area contributed by atoms with Gasteiger partial charge in [-0.15, -0.1) is 0 Å². The summed E-state index contributed by atoms with van der Waals surface area (Å²) >= 11 is 0. The quantitative estimate of drug-likeness (QED) is 0.751. The van der Waals surface area contributed by atoms with Gasteiger partial charge in [0.05, 0.1) is 0 Å². The first-order chi connectivity index (χ1) is 7.68. The highest BCUT2D eigenvalue weighted by Gasteiger charge is 2.39. The molecule has 1 saturated carbocycles. The van der Waals surface area contributed by atoms with Crippen LogP contribution in [0, 0.1) is 11.8 Å². The Morgan fingerprint density at radius 1 is 1.25 bits per heavy atom. The molecule has 16 heavy (non-hydrogen) atoms. The Hall–Kier alpha value is -0.0800. The van der Waals surface area contributed by atoms with Crippen molar-refractivity contribution in [3.8, 4) is 0 Å². The molecule has 0 amide bonds. The second kappa shape index (κ2) is 5.05. The van der Waals surface area contributed by atoms with E-state index in [1.165, 1.54) is 51.6 Å². The number of rotatable bonds is 6. The van der Waals surface area contributed by atoms with Crippen molar-refractivity contribution in [2.45, 2.75) is 57.9 Å². The zero-order valence-electron chi connectivity index (χ0n) is 11.0. The summed E-state index contributed by atoms with van der Waals surface area (Å²) in [5, 5.41) is 0. The first-order valence-corrected chi connectivity index (χ1v) is 7.13. The molecular weight excluding hydrogens is 196 g/mol. The SMILES string of the molecule is CCCC1CCN(C(C)(CN)CC2CC2)C1. The third-order valence-electron chi connectivity index (χ3n) is 4.61. The van der Waals surface area contributed by atoms with Crippen LogP contribution in [0.3, 0.4) is 0 Å². The van der Waals surface area contributed by atoms with Gasteiger partial charge in [0.1, 0.15) is 0 Å². The monoisotopic (exact) mass is 224 g/mol. The van der Waals surface area contributed by atoms with E-state index in [1.54, 1.807) is 0 Å². The fourth-order valence-corrected chi connectivity index (χ4v) is 3.25. The summed E-state index contributed by atoms with van der Waals surface area (Å²) in [4.78, 5) is 2.69. The van der Waals surface area contributed by atoms with Crippen molar-refractivity contribution in [2.75, 3.05) is 19.6 Å². The standard InChI is InChI=1S/C14H28N2/c1-3-4-13-7-8-16(10-13)14(2,11-15)9-12-5-6-12/h12-13H,3-11,15H2,1-2H3. The molecule has 1 heterocycles. The summed E-state index contributed by atoms with van der Waals surface area (Å²) in [5.41, 5.74) is 6.34. The van der Waals surface area contributed by atoms with Crippen LogP contribution in [0.4, 0.5) is 0 Å². The Bertz CT molecular complexity index is 225. The Labute approximate surface area is 101 Å². The lowest BCUT2D eigenvalue weighted by Crippen LogP contribution is -2.51. The second-order valence-corrected chi connectivity index (χ2v) is 6.24. The molecule has 0 bridgehead atoms. The van der Waals surface area contributed by atoms with Gasteiger partial charge in [-0.3, -0.25) is 4.90 Å². The van der Waals surface area contributed by atoms with Crippen LogP contribution in [-0.2, 0) is 0 Å². The van der Waals surface area contributed by atoms with Crippen LogP contribution in [0.5, 0.6) is 0 Å². The minimum atomic E-state index is 0.295. The van der Waals surface area contributed by atoms with Crippen LogP contribution < -0.4 is 5.73 Å². The summed E-state index contributed by atoms with van der Waals surface area (Å²) in [6, 6.07) is 0. The largest absolute Gasteiger partial charge is 0.329 e. The Morgan fingerprint density at radius 2 is 2.00 bits per heavy atom. The molecule has 2 N–H and O–H groups in total. The van der Waals surface area contributed by atoms with E-state index in [0.29, 0.717) is 5.54 Å². The molecule has 2 rings (SSSR count). The van der Waals surface area contributed by atoms with Gasteiger partial charge in [-0.25, -0.2) is 0 Å². The van der Waals surface area contributed by atoms with Crippen molar-refractivity contribution in [3.63, 3.8) is 0 Å². The highest BCUT2D eigenvalue weighted by molar-refractivity contribution is 4.95. The minimum absolute atomic E-state index is 0.295. The molecule has 2 unspecified atom stereocenters. The van der Waals surface area contributed by atoms with Crippen LogP contribution in [-0.4, -0.2) is 30.1 Å². The van der Waals surface area contributed by atoms with Crippen LogP contribution in [0.1, 0.15) is 52.4 Å². The average Bonchev–Trinajstić information content (AvgIpc) is 2.94. The van der Waals surface area contributed by atoms with E-state index in [9.17, 15) is 0 Å². The minimum Gasteiger partial charge on any atom is -0.329 e. The molecular formula is C14H28N2. The topological polar surface area (TPSA) is 29.3 Å². The molecule has 0 aromatic carbocycles. The van der Waals surface area contributed by atoms with Crippen LogP contribution in [0.2, 0.25) is 0 Å². The van der Waals surface area contributed by atoms with E-state index in [-0.39, 0.29) is 0 Å². The Kier molecular flexibility index (Phi) is 3.91. The van der Waals surface area contributed by atoms with E-state index < -0.39 is 0 Å². The van der Waals surface area contributed by atoms with Gasteiger partial charge in [0, 0.05) is 18.6 Å². The summed E-state index contributed by atoms with van der Waals surface area (Å²) in [6.07, 6.45) is 8.36. The average molecular weight is 224 g/mol. The molecule has 2 heteroatoms.